The monoisotopic (exact) mass is 439 g/mol. The van der Waals surface area contributed by atoms with Crippen molar-refractivity contribution in [3.63, 3.8) is 0 Å². The fourth-order valence-electron chi connectivity index (χ4n) is 4.44. The molecule has 166 valence electrons. The van der Waals surface area contributed by atoms with Gasteiger partial charge in [0.1, 0.15) is 35.6 Å². The highest BCUT2D eigenvalue weighted by molar-refractivity contribution is 6.07. The molecule has 0 spiro atoms. The second kappa shape index (κ2) is 6.96. The van der Waals surface area contributed by atoms with Crippen molar-refractivity contribution in [3.8, 4) is 23.0 Å². The van der Waals surface area contributed by atoms with Crippen LogP contribution in [0.5, 0.6) is 23.0 Å². The lowest BCUT2D eigenvalue weighted by atomic mass is 9.80. The molecule has 3 aliphatic rings. The number of rotatable bonds is 3. The number of aliphatic hydroxyl groups excluding tert-OH is 1. The Morgan fingerprint density at radius 3 is 2.75 bits per heavy atom. The highest BCUT2D eigenvalue weighted by Crippen LogP contribution is 2.51. The van der Waals surface area contributed by atoms with Crippen LogP contribution in [-0.4, -0.2) is 41.2 Å². The molecule has 2 aromatic rings. The molecule has 3 heterocycles. The molecule has 2 atom stereocenters. The van der Waals surface area contributed by atoms with Crippen molar-refractivity contribution in [1.29, 1.82) is 0 Å². The summed E-state index contributed by atoms with van der Waals surface area (Å²) >= 11 is 0. The Morgan fingerprint density at radius 1 is 1.28 bits per heavy atom. The van der Waals surface area contributed by atoms with Crippen LogP contribution in [0.15, 0.2) is 24.3 Å². The summed E-state index contributed by atoms with van der Waals surface area (Å²) in [6, 6.07) is 4.53. The van der Waals surface area contributed by atoms with Crippen LogP contribution in [0, 0.1) is 10.1 Å². The molecule has 5 rings (SSSR count). The van der Waals surface area contributed by atoms with Gasteiger partial charge in [0, 0.05) is 17.2 Å². The van der Waals surface area contributed by atoms with Crippen molar-refractivity contribution < 1.29 is 33.8 Å². The maximum atomic E-state index is 13.6. The summed E-state index contributed by atoms with van der Waals surface area (Å²) in [5.74, 6) is 0.186. The van der Waals surface area contributed by atoms with Crippen LogP contribution in [0.25, 0.3) is 6.08 Å². The quantitative estimate of drug-likeness (QED) is 0.571. The number of aliphatic hydroxyl groups is 1. The van der Waals surface area contributed by atoms with Gasteiger partial charge in [-0.05, 0) is 38.1 Å². The van der Waals surface area contributed by atoms with Crippen molar-refractivity contribution in [2.45, 2.75) is 38.1 Å². The van der Waals surface area contributed by atoms with E-state index in [1.807, 2.05) is 0 Å². The summed E-state index contributed by atoms with van der Waals surface area (Å²) in [6.07, 6.45) is 2.85. The number of carbonyl (C=O) groups excluding carboxylic acids is 1. The van der Waals surface area contributed by atoms with Crippen molar-refractivity contribution in [2.75, 3.05) is 13.7 Å². The Hall–Kier alpha value is -3.59. The summed E-state index contributed by atoms with van der Waals surface area (Å²) in [6.45, 7) is 3.44. The van der Waals surface area contributed by atoms with Crippen molar-refractivity contribution >= 4 is 17.5 Å². The molecule has 0 aliphatic carbocycles. The van der Waals surface area contributed by atoms with E-state index >= 15 is 0 Å². The second-order valence-corrected chi connectivity index (χ2v) is 8.48. The normalized spacial score (nSPS) is 21.7. The molecule has 0 fully saturated rings. The smallest absolute Gasteiger partial charge is 0.312 e. The molecule has 0 saturated heterocycles. The fraction of sp³-hybridized carbons (Fsp3) is 0.348. The molecule has 0 radical (unpaired) electrons. The minimum absolute atomic E-state index is 0.0823. The highest BCUT2D eigenvalue weighted by Gasteiger charge is 2.46. The lowest BCUT2D eigenvalue weighted by molar-refractivity contribution is -0.386. The molecule has 0 aromatic heterocycles. The number of hydrogen-bond acceptors (Lipinski definition) is 8. The molecular formula is C23H21NO8. The summed E-state index contributed by atoms with van der Waals surface area (Å²) in [7, 11) is 1.47. The maximum absolute atomic E-state index is 13.6. The third kappa shape index (κ3) is 2.92. The molecule has 2 aromatic carbocycles. The lowest BCUT2D eigenvalue weighted by Crippen LogP contribution is -2.43. The van der Waals surface area contributed by atoms with E-state index in [2.05, 4.69) is 0 Å². The Kier molecular flexibility index (Phi) is 4.42. The Labute approximate surface area is 183 Å². The fourth-order valence-corrected chi connectivity index (χ4v) is 4.44. The standard InChI is InChI=1S/C23H21NO8/c1-23(2)5-4-12-21-14(7-15(24(27)28)22(12)32-23)20(26)19-13-8-16(29-3)11(9-25)6-17(13)30-10-18(19)31-21/h4-8,18-19,25H,9-10H2,1-3H3/t18-,19+/m1/s1. The first-order valence-corrected chi connectivity index (χ1v) is 10.1. The van der Waals surface area contributed by atoms with E-state index < -0.39 is 22.5 Å². The van der Waals surface area contributed by atoms with Crippen LogP contribution in [0.3, 0.4) is 0 Å². The van der Waals surface area contributed by atoms with Gasteiger partial charge in [-0.2, -0.15) is 0 Å². The minimum Gasteiger partial charge on any atom is -0.496 e. The predicted octanol–water partition coefficient (Wildman–Crippen LogP) is 3.40. The van der Waals surface area contributed by atoms with Gasteiger partial charge in [-0.1, -0.05) is 0 Å². The molecule has 9 nitrogen and oxygen atoms in total. The number of carbonyl (C=O) groups is 1. The third-order valence-corrected chi connectivity index (χ3v) is 5.97. The first-order chi connectivity index (χ1) is 15.2. The van der Waals surface area contributed by atoms with Crippen molar-refractivity contribution in [1.82, 2.24) is 0 Å². The summed E-state index contributed by atoms with van der Waals surface area (Å²) in [5, 5.41) is 21.4. The zero-order valence-electron chi connectivity index (χ0n) is 17.7. The SMILES string of the molecule is COc1cc2c(cc1CO)OC[C@H]1Oc3c(cc([N+](=O)[O-])c4c3C=CC(C)(C)O4)C(=O)[C@@H]21. The van der Waals surface area contributed by atoms with Gasteiger partial charge in [-0.15, -0.1) is 0 Å². The first kappa shape index (κ1) is 20.3. The van der Waals surface area contributed by atoms with Gasteiger partial charge in [-0.3, -0.25) is 14.9 Å². The number of ether oxygens (including phenoxy) is 4. The van der Waals surface area contributed by atoms with E-state index in [1.165, 1.54) is 13.2 Å². The van der Waals surface area contributed by atoms with Gasteiger partial charge < -0.3 is 24.1 Å². The summed E-state index contributed by atoms with van der Waals surface area (Å²) < 4.78 is 23.3. The average Bonchev–Trinajstić information content (AvgIpc) is 2.76. The van der Waals surface area contributed by atoms with Gasteiger partial charge in [0.15, 0.2) is 5.78 Å². The molecule has 1 N–H and O–H groups in total. The first-order valence-electron chi connectivity index (χ1n) is 10.1. The molecular weight excluding hydrogens is 418 g/mol. The lowest BCUT2D eigenvalue weighted by Gasteiger charge is -2.38. The van der Waals surface area contributed by atoms with E-state index in [0.29, 0.717) is 28.2 Å². The van der Waals surface area contributed by atoms with Gasteiger partial charge in [-0.25, -0.2) is 0 Å². The van der Waals surface area contributed by atoms with E-state index in [0.717, 1.165) is 0 Å². The number of Topliss-reactive ketones (excluding diaryl/α,β-unsaturated/α-hetero) is 1. The average molecular weight is 439 g/mol. The molecule has 0 saturated carbocycles. The van der Waals surface area contributed by atoms with E-state index in [4.69, 9.17) is 18.9 Å². The summed E-state index contributed by atoms with van der Waals surface area (Å²) in [5.41, 5.74) is 0.568. The zero-order chi connectivity index (χ0) is 22.8. The molecule has 0 bridgehead atoms. The predicted molar refractivity (Wildman–Crippen MR) is 113 cm³/mol. The Morgan fingerprint density at radius 2 is 2.06 bits per heavy atom. The largest absolute Gasteiger partial charge is 0.496 e. The number of benzene rings is 2. The Bertz CT molecular complexity index is 1200. The number of ketones is 1. The van der Waals surface area contributed by atoms with E-state index in [9.17, 15) is 20.0 Å². The molecule has 32 heavy (non-hydrogen) atoms. The Balaban J connectivity index is 1.68. The third-order valence-electron chi connectivity index (χ3n) is 5.97. The number of hydrogen-bond donors (Lipinski definition) is 1. The molecule has 9 heteroatoms. The van der Waals surface area contributed by atoms with Gasteiger partial charge in [0.05, 0.1) is 35.7 Å². The van der Waals surface area contributed by atoms with Crippen molar-refractivity contribution in [2.24, 2.45) is 0 Å². The number of methoxy groups -OCH3 is 1. The van der Waals surface area contributed by atoms with Crippen LogP contribution < -0.4 is 18.9 Å². The van der Waals surface area contributed by atoms with Crippen LogP contribution in [0.2, 0.25) is 0 Å². The van der Waals surface area contributed by atoms with Crippen LogP contribution in [0.1, 0.15) is 46.8 Å². The molecule has 0 unspecified atom stereocenters. The second-order valence-electron chi connectivity index (χ2n) is 8.48. The maximum Gasteiger partial charge on any atom is 0.312 e. The van der Waals surface area contributed by atoms with Gasteiger partial charge >= 0.3 is 5.69 Å². The number of nitro benzene ring substituents is 1. The number of fused-ring (bicyclic) bond motifs is 6. The van der Waals surface area contributed by atoms with Crippen LogP contribution in [-0.2, 0) is 6.61 Å². The van der Waals surface area contributed by atoms with Crippen LogP contribution in [0.4, 0.5) is 5.69 Å². The summed E-state index contributed by atoms with van der Waals surface area (Å²) in [4.78, 5) is 24.9. The van der Waals surface area contributed by atoms with Gasteiger partial charge in [0.2, 0.25) is 5.75 Å². The molecule has 0 amide bonds. The van der Waals surface area contributed by atoms with Gasteiger partial charge in [0.25, 0.3) is 0 Å². The minimum atomic E-state index is -0.735. The number of nitro groups is 1. The van der Waals surface area contributed by atoms with Crippen molar-refractivity contribution in [3.05, 3.63) is 56.6 Å². The topological polar surface area (TPSA) is 117 Å². The highest BCUT2D eigenvalue weighted by atomic mass is 16.6. The van der Waals surface area contributed by atoms with E-state index in [1.54, 1.807) is 38.1 Å². The molecule has 3 aliphatic heterocycles. The van der Waals surface area contributed by atoms with E-state index in [-0.39, 0.29) is 41.7 Å². The van der Waals surface area contributed by atoms with Crippen LogP contribution >= 0.6 is 0 Å². The zero-order valence-corrected chi connectivity index (χ0v) is 17.7. The number of nitrogens with zero attached hydrogens (tertiary/aromatic N) is 1.